The van der Waals surface area contributed by atoms with Gasteiger partial charge in [0.25, 0.3) is 5.91 Å². The molecule has 0 bridgehead atoms. The standard InChI is InChI=1S/C19H18N4O3S3/c1-11(17(25)12-4-5-15-14(9-12)21-16(24)10-26-15)28-19-23-22-18(29-19)20-7-6-13-3-2-8-27-13/h2-5,8-9,11H,6-7,10H2,1H3,(H,20,22)(H,21,24). The number of carbonyl (C=O) groups excluding carboxylic acids is 2. The summed E-state index contributed by atoms with van der Waals surface area (Å²) in [5.41, 5.74) is 1.05. The normalized spacial score (nSPS) is 13.9. The molecule has 29 heavy (non-hydrogen) atoms. The number of Topliss-reactive ketones (excluding diaryl/α,β-unsaturated/α-hetero) is 1. The van der Waals surface area contributed by atoms with E-state index in [0.29, 0.717) is 17.0 Å². The van der Waals surface area contributed by atoms with Crippen LogP contribution in [0.15, 0.2) is 40.1 Å². The summed E-state index contributed by atoms with van der Waals surface area (Å²) < 4.78 is 6.07. The summed E-state index contributed by atoms with van der Waals surface area (Å²) in [4.78, 5) is 25.6. The van der Waals surface area contributed by atoms with E-state index in [1.54, 1.807) is 29.5 Å². The fraction of sp³-hybridized carbons (Fsp3) is 0.263. The summed E-state index contributed by atoms with van der Waals surface area (Å²) in [6, 6.07) is 9.23. The summed E-state index contributed by atoms with van der Waals surface area (Å²) in [6.07, 6.45) is 0.938. The lowest BCUT2D eigenvalue weighted by atomic mass is 10.1. The monoisotopic (exact) mass is 446 g/mol. The van der Waals surface area contributed by atoms with Crippen molar-refractivity contribution < 1.29 is 14.3 Å². The zero-order chi connectivity index (χ0) is 20.2. The number of ether oxygens (including phenoxy) is 1. The number of thiophene rings is 1. The predicted octanol–water partition coefficient (Wildman–Crippen LogP) is 3.95. The Morgan fingerprint density at radius 1 is 1.38 bits per heavy atom. The second kappa shape index (κ2) is 8.93. The highest BCUT2D eigenvalue weighted by Gasteiger charge is 2.22. The first kappa shape index (κ1) is 19.9. The van der Waals surface area contributed by atoms with Gasteiger partial charge in [0.1, 0.15) is 5.75 Å². The maximum absolute atomic E-state index is 12.8. The number of nitrogens with zero attached hydrogens (tertiary/aromatic N) is 2. The van der Waals surface area contributed by atoms with Crippen LogP contribution in [-0.4, -0.2) is 40.3 Å². The van der Waals surface area contributed by atoms with E-state index in [-0.39, 0.29) is 23.5 Å². The summed E-state index contributed by atoms with van der Waals surface area (Å²) in [5, 5.41) is 16.8. The van der Waals surface area contributed by atoms with Crippen LogP contribution < -0.4 is 15.4 Å². The van der Waals surface area contributed by atoms with Crippen LogP contribution in [0.1, 0.15) is 22.2 Å². The van der Waals surface area contributed by atoms with Crippen LogP contribution in [0.3, 0.4) is 0 Å². The fourth-order valence-electron chi connectivity index (χ4n) is 2.75. The minimum Gasteiger partial charge on any atom is -0.482 e. The van der Waals surface area contributed by atoms with Gasteiger partial charge in [0, 0.05) is 17.0 Å². The molecule has 3 heterocycles. The first-order chi connectivity index (χ1) is 14.1. The van der Waals surface area contributed by atoms with Gasteiger partial charge < -0.3 is 15.4 Å². The molecule has 4 rings (SSSR count). The lowest BCUT2D eigenvalue weighted by Gasteiger charge is -2.18. The van der Waals surface area contributed by atoms with E-state index in [9.17, 15) is 9.59 Å². The van der Waals surface area contributed by atoms with Crippen molar-refractivity contribution in [3.8, 4) is 5.75 Å². The highest BCUT2D eigenvalue weighted by Crippen LogP contribution is 2.33. The van der Waals surface area contributed by atoms with Gasteiger partial charge in [-0.15, -0.1) is 21.5 Å². The van der Waals surface area contributed by atoms with Crippen molar-refractivity contribution in [2.75, 3.05) is 23.8 Å². The molecule has 1 amide bonds. The molecule has 0 saturated heterocycles. The van der Waals surface area contributed by atoms with Crippen molar-refractivity contribution in [3.05, 3.63) is 46.2 Å². The van der Waals surface area contributed by atoms with Crippen molar-refractivity contribution >= 4 is 56.9 Å². The largest absolute Gasteiger partial charge is 0.482 e. The molecular weight excluding hydrogens is 428 g/mol. The first-order valence-corrected chi connectivity index (χ1v) is 11.5. The van der Waals surface area contributed by atoms with Crippen molar-refractivity contribution in [1.29, 1.82) is 0 Å². The third-order valence-electron chi connectivity index (χ3n) is 4.18. The number of ketones is 1. The quantitative estimate of drug-likeness (QED) is 0.400. The zero-order valence-electron chi connectivity index (χ0n) is 15.5. The Kier molecular flexibility index (Phi) is 6.12. The van der Waals surface area contributed by atoms with Crippen LogP contribution in [0.25, 0.3) is 0 Å². The maximum Gasteiger partial charge on any atom is 0.262 e. The Labute approximate surface area is 179 Å². The minimum absolute atomic E-state index is 0.00666. The second-order valence-electron chi connectivity index (χ2n) is 6.30. The van der Waals surface area contributed by atoms with Crippen LogP contribution in [0, 0.1) is 0 Å². The molecule has 0 saturated carbocycles. The Morgan fingerprint density at radius 3 is 3.10 bits per heavy atom. The van der Waals surface area contributed by atoms with Gasteiger partial charge in [-0.25, -0.2) is 0 Å². The van der Waals surface area contributed by atoms with E-state index in [2.05, 4.69) is 32.3 Å². The smallest absolute Gasteiger partial charge is 0.262 e. The molecule has 0 spiro atoms. The molecule has 7 nitrogen and oxygen atoms in total. The Hall–Kier alpha value is -2.43. The number of fused-ring (bicyclic) bond motifs is 1. The van der Waals surface area contributed by atoms with Gasteiger partial charge in [-0.3, -0.25) is 9.59 Å². The van der Waals surface area contributed by atoms with Crippen molar-refractivity contribution in [3.63, 3.8) is 0 Å². The molecule has 3 aromatic rings. The number of anilines is 2. The van der Waals surface area contributed by atoms with Gasteiger partial charge in [-0.1, -0.05) is 29.2 Å². The number of aromatic nitrogens is 2. The molecule has 1 aliphatic rings. The molecular formula is C19H18N4O3S3. The van der Waals surface area contributed by atoms with E-state index < -0.39 is 0 Å². The van der Waals surface area contributed by atoms with Gasteiger partial charge in [0.05, 0.1) is 10.9 Å². The van der Waals surface area contributed by atoms with Crippen LogP contribution in [0.4, 0.5) is 10.8 Å². The van der Waals surface area contributed by atoms with Crippen LogP contribution in [0.2, 0.25) is 0 Å². The number of carbonyl (C=O) groups is 2. The molecule has 2 aromatic heterocycles. The fourth-order valence-corrected chi connectivity index (χ4v) is 5.46. The molecule has 150 valence electrons. The molecule has 10 heteroatoms. The molecule has 0 aliphatic carbocycles. The molecule has 1 aliphatic heterocycles. The Balaban J connectivity index is 1.33. The average Bonchev–Trinajstić information content (AvgIpc) is 3.39. The van der Waals surface area contributed by atoms with Crippen LogP contribution >= 0.6 is 34.4 Å². The SMILES string of the molecule is CC(Sc1nnc(NCCc2cccs2)s1)C(=O)c1ccc2c(c1)NC(=O)CO2. The van der Waals surface area contributed by atoms with Crippen molar-refractivity contribution in [1.82, 2.24) is 10.2 Å². The highest BCUT2D eigenvalue weighted by molar-refractivity contribution is 8.02. The number of rotatable bonds is 8. The molecule has 1 aromatic carbocycles. The van der Waals surface area contributed by atoms with Crippen molar-refractivity contribution in [2.24, 2.45) is 0 Å². The maximum atomic E-state index is 12.8. The van der Waals surface area contributed by atoms with Gasteiger partial charge in [-0.2, -0.15) is 0 Å². The van der Waals surface area contributed by atoms with E-state index in [1.807, 2.05) is 13.0 Å². The number of hydrogen-bond acceptors (Lipinski definition) is 9. The topological polar surface area (TPSA) is 93.2 Å². The summed E-state index contributed by atoms with van der Waals surface area (Å²) in [7, 11) is 0. The molecule has 2 N–H and O–H groups in total. The first-order valence-electron chi connectivity index (χ1n) is 8.96. The number of hydrogen-bond donors (Lipinski definition) is 2. The molecule has 0 radical (unpaired) electrons. The number of thioether (sulfide) groups is 1. The molecule has 1 unspecified atom stereocenters. The summed E-state index contributed by atoms with van der Waals surface area (Å²) in [6.45, 7) is 2.62. The van der Waals surface area contributed by atoms with E-state index >= 15 is 0 Å². The van der Waals surface area contributed by atoms with E-state index in [1.165, 1.54) is 28.0 Å². The average molecular weight is 447 g/mol. The second-order valence-corrected chi connectivity index (χ2v) is 9.90. The van der Waals surface area contributed by atoms with Gasteiger partial charge in [0.2, 0.25) is 5.13 Å². The lowest BCUT2D eigenvalue weighted by Crippen LogP contribution is -2.25. The Bertz CT molecular complexity index is 1020. The summed E-state index contributed by atoms with van der Waals surface area (Å²) >= 11 is 4.55. The van der Waals surface area contributed by atoms with E-state index in [4.69, 9.17) is 4.74 Å². The van der Waals surface area contributed by atoms with Crippen molar-refractivity contribution in [2.45, 2.75) is 22.9 Å². The Morgan fingerprint density at radius 2 is 2.28 bits per heavy atom. The van der Waals surface area contributed by atoms with Gasteiger partial charge in [0.15, 0.2) is 16.7 Å². The zero-order valence-corrected chi connectivity index (χ0v) is 18.0. The minimum atomic E-state index is -0.333. The lowest BCUT2D eigenvalue weighted by molar-refractivity contribution is -0.118. The number of nitrogens with one attached hydrogen (secondary N) is 2. The van der Waals surface area contributed by atoms with Gasteiger partial charge in [-0.05, 0) is 43.0 Å². The third-order valence-corrected chi connectivity index (χ3v) is 7.18. The van der Waals surface area contributed by atoms with Crippen LogP contribution in [0.5, 0.6) is 5.75 Å². The summed E-state index contributed by atoms with van der Waals surface area (Å²) in [5.74, 6) is 0.307. The number of amides is 1. The predicted molar refractivity (Wildman–Crippen MR) is 117 cm³/mol. The van der Waals surface area contributed by atoms with Crippen LogP contribution in [-0.2, 0) is 11.2 Å². The highest BCUT2D eigenvalue weighted by atomic mass is 32.2. The molecule has 1 atom stereocenters. The third kappa shape index (κ3) is 4.95. The van der Waals surface area contributed by atoms with E-state index in [0.717, 1.165) is 22.4 Å². The molecule has 0 fully saturated rings. The number of benzene rings is 1. The van der Waals surface area contributed by atoms with Gasteiger partial charge >= 0.3 is 0 Å².